The van der Waals surface area contributed by atoms with Crippen LogP contribution in [0, 0.1) is 5.92 Å². The summed E-state index contributed by atoms with van der Waals surface area (Å²) in [5.41, 5.74) is 5.52. The number of aromatic nitrogens is 4. The summed E-state index contributed by atoms with van der Waals surface area (Å²) in [7, 11) is 2.51. The van der Waals surface area contributed by atoms with E-state index < -0.39 is 36.3 Å². The molecule has 300 valence electrons. The van der Waals surface area contributed by atoms with Crippen LogP contribution in [0.1, 0.15) is 76.6 Å². The molecule has 2 aromatic heterocycles. The maximum atomic E-state index is 13.8. The molecule has 2 saturated heterocycles. The number of hydrogen-bond donors (Lipinski definition) is 5. The Balaban J connectivity index is 1.07. The highest BCUT2D eigenvalue weighted by atomic mass is 16.5. The Kier molecular flexibility index (Phi) is 11.5. The van der Waals surface area contributed by atoms with Crippen molar-refractivity contribution in [2.24, 2.45) is 5.92 Å². The zero-order valence-corrected chi connectivity index (χ0v) is 32.9. The van der Waals surface area contributed by atoms with Crippen molar-refractivity contribution < 1.29 is 33.8 Å². The van der Waals surface area contributed by atoms with Gasteiger partial charge < -0.3 is 45.0 Å². The molecule has 2 fully saturated rings. The number of likely N-dealkylation sites (tertiary alicyclic amines) is 2. The lowest BCUT2D eigenvalue weighted by Gasteiger charge is -2.30. The van der Waals surface area contributed by atoms with E-state index in [0.29, 0.717) is 25.3 Å². The van der Waals surface area contributed by atoms with E-state index in [1.807, 2.05) is 30.9 Å². The number of methoxy groups -OCH3 is 2. The number of nitrogens with one attached hydrogen (secondary N) is 4. The van der Waals surface area contributed by atoms with Crippen molar-refractivity contribution in [1.29, 1.82) is 0 Å². The fourth-order valence-corrected chi connectivity index (χ4v) is 8.04. The molecule has 7 rings (SSSR count). The molecule has 4 heterocycles. The van der Waals surface area contributed by atoms with Crippen LogP contribution in [0.15, 0.2) is 60.8 Å². The first kappa shape index (κ1) is 39.3. The van der Waals surface area contributed by atoms with Crippen molar-refractivity contribution >= 4 is 45.8 Å². The third kappa shape index (κ3) is 8.01. The largest absolute Gasteiger partial charge is 0.453 e. The van der Waals surface area contributed by atoms with Crippen molar-refractivity contribution in [2.45, 2.75) is 83.1 Å². The first-order valence-electron chi connectivity index (χ1n) is 19.6. The van der Waals surface area contributed by atoms with Gasteiger partial charge in [-0.25, -0.2) is 19.6 Å². The predicted molar refractivity (Wildman–Crippen MR) is 214 cm³/mol. The molecule has 2 aliphatic rings. The monoisotopic (exact) mass is 778 g/mol. The second-order valence-electron chi connectivity index (χ2n) is 15.0. The first-order valence-corrected chi connectivity index (χ1v) is 19.6. The zero-order valence-electron chi connectivity index (χ0n) is 32.9. The van der Waals surface area contributed by atoms with Gasteiger partial charge in [0.05, 0.1) is 55.3 Å². The summed E-state index contributed by atoms with van der Waals surface area (Å²) in [6.07, 6.45) is 3.06. The topological polar surface area (TPSA) is 195 Å². The minimum absolute atomic E-state index is 0.0643. The van der Waals surface area contributed by atoms with Crippen LogP contribution in [0.2, 0.25) is 0 Å². The number of benzene rings is 3. The minimum Gasteiger partial charge on any atom is -0.453 e. The van der Waals surface area contributed by atoms with E-state index >= 15 is 0 Å². The number of aromatic amines is 2. The van der Waals surface area contributed by atoms with Gasteiger partial charge in [0, 0.05) is 18.7 Å². The molecule has 0 spiro atoms. The molecule has 2 aliphatic heterocycles. The van der Waals surface area contributed by atoms with Crippen LogP contribution in [0.5, 0.6) is 0 Å². The van der Waals surface area contributed by atoms with Crippen molar-refractivity contribution in [1.82, 2.24) is 40.4 Å². The van der Waals surface area contributed by atoms with Gasteiger partial charge in [0.15, 0.2) is 0 Å². The summed E-state index contributed by atoms with van der Waals surface area (Å²) < 4.78 is 9.47. The van der Waals surface area contributed by atoms with Crippen LogP contribution in [-0.2, 0) is 19.1 Å². The number of aliphatic hydroxyl groups excluding tert-OH is 1. The number of aliphatic hydroxyl groups is 1. The number of fused-ring (bicyclic) bond motifs is 2. The van der Waals surface area contributed by atoms with E-state index in [1.54, 1.807) is 11.1 Å². The second-order valence-corrected chi connectivity index (χ2v) is 15.0. The molecule has 15 nitrogen and oxygen atoms in total. The molecule has 6 unspecified atom stereocenters. The molecule has 57 heavy (non-hydrogen) atoms. The standard InChI is InChI=1S/C42H50N8O7/c1-6-23(2)35(47-41(54)56-4)39(52)50-18-8-10-34(50)38-44-30-16-15-28(21-31(30)45-38)26-11-12-27-20-29(14-13-25(27)19-26)32-22-43-37(46-32)33-9-7-17-49(33)40(53)36(24(3)51)48-42(55)57-5/h11-16,19-24,33-36,51H,6-10,17-18H2,1-5H3,(H,43,46)(H,44,45)(H,47,54)(H,48,55). The number of nitrogens with zero attached hydrogens (tertiary/aromatic N) is 4. The number of amides is 4. The van der Waals surface area contributed by atoms with Gasteiger partial charge in [0.25, 0.3) is 0 Å². The SMILES string of the molecule is CCC(C)C(NC(=O)OC)C(=O)N1CCCC1c1nc2ccc(-c3ccc4cc(-c5cnc(C6CCCN6C(=O)C(NC(=O)OC)C(C)O)[nH]5)ccc4c3)cc2[nH]1. The smallest absolute Gasteiger partial charge is 0.407 e. The highest BCUT2D eigenvalue weighted by Crippen LogP contribution is 2.36. The van der Waals surface area contributed by atoms with Crippen LogP contribution in [0.25, 0.3) is 44.2 Å². The Labute approximate surface area is 330 Å². The highest BCUT2D eigenvalue weighted by molar-refractivity contribution is 5.92. The molecule has 0 aliphatic carbocycles. The van der Waals surface area contributed by atoms with Gasteiger partial charge in [-0.2, -0.15) is 0 Å². The lowest BCUT2D eigenvalue weighted by atomic mass is 9.97. The van der Waals surface area contributed by atoms with Gasteiger partial charge in [-0.05, 0) is 84.7 Å². The van der Waals surface area contributed by atoms with Gasteiger partial charge in [-0.3, -0.25) is 9.59 Å². The quantitative estimate of drug-likeness (QED) is 0.107. The lowest BCUT2D eigenvalue weighted by molar-refractivity contribution is -0.137. The fourth-order valence-electron chi connectivity index (χ4n) is 8.04. The number of rotatable bonds is 11. The number of imidazole rings is 2. The third-order valence-corrected chi connectivity index (χ3v) is 11.4. The zero-order chi connectivity index (χ0) is 40.4. The van der Waals surface area contributed by atoms with Gasteiger partial charge in [0.1, 0.15) is 23.7 Å². The maximum Gasteiger partial charge on any atom is 0.407 e. The molecular formula is C42H50N8O7. The Morgan fingerprint density at radius 1 is 0.789 bits per heavy atom. The van der Waals surface area contributed by atoms with Gasteiger partial charge >= 0.3 is 12.2 Å². The number of H-pyrrole nitrogens is 2. The Morgan fingerprint density at radius 2 is 1.35 bits per heavy atom. The number of carbonyl (C=O) groups excluding carboxylic acids is 4. The van der Waals surface area contributed by atoms with E-state index in [0.717, 1.165) is 75.7 Å². The minimum atomic E-state index is -1.14. The Bertz CT molecular complexity index is 2280. The molecule has 3 aromatic carbocycles. The molecule has 4 amide bonds. The number of ether oxygens (including phenoxy) is 2. The summed E-state index contributed by atoms with van der Waals surface area (Å²) in [4.78, 5) is 71.1. The van der Waals surface area contributed by atoms with E-state index in [1.165, 1.54) is 21.1 Å². The summed E-state index contributed by atoms with van der Waals surface area (Å²) >= 11 is 0. The molecule has 0 radical (unpaired) electrons. The number of alkyl carbamates (subject to hydrolysis) is 2. The van der Waals surface area contributed by atoms with Gasteiger partial charge in [-0.1, -0.05) is 50.6 Å². The van der Waals surface area contributed by atoms with Crippen molar-refractivity contribution in [2.75, 3.05) is 27.3 Å². The van der Waals surface area contributed by atoms with Crippen molar-refractivity contribution in [3.8, 4) is 22.4 Å². The van der Waals surface area contributed by atoms with Gasteiger partial charge in [-0.15, -0.1) is 0 Å². The summed E-state index contributed by atoms with van der Waals surface area (Å²) in [5, 5.41) is 17.6. The Morgan fingerprint density at radius 3 is 1.98 bits per heavy atom. The van der Waals surface area contributed by atoms with Crippen molar-refractivity contribution in [3.05, 3.63) is 72.4 Å². The second kappa shape index (κ2) is 16.6. The number of hydrogen-bond acceptors (Lipinski definition) is 9. The van der Waals surface area contributed by atoms with E-state index in [-0.39, 0.29) is 23.9 Å². The van der Waals surface area contributed by atoms with Crippen LogP contribution in [0.4, 0.5) is 9.59 Å². The average Bonchev–Trinajstić information content (AvgIpc) is 4.06. The predicted octanol–water partition coefficient (Wildman–Crippen LogP) is 5.98. The maximum absolute atomic E-state index is 13.8. The van der Waals surface area contributed by atoms with Gasteiger partial charge in [0.2, 0.25) is 11.8 Å². The highest BCUT2D eigenvalue weighted by Gasteiger charge is 2.39. The third-order valence-electron chi connectivity index (χ3n) is 11.4. The van der Waals surface area contributed by atoms with Crippen molar-refractivity contribution in [3.63, 3.8) is 0 Å². The van der Waals surface area contributed by atoms with E-state index in [2.05, 4.69) is 72.8 Å². The van der Waals surface area contributed by atoms with Crippen LogP contribution in [0.3, 0.4) is 0 Å². The molecule has 5 aromatic rings. The summed E-state index contributed by atoms with van der Waals surface area (Å²) in [6.45, 7) is 6.48. The normalized spacial score (nSPS) is 19.0. The molecule has 0 saturated carbocycles. The van der Waals surface area contributed by atoms with Crippen LogP contribution >= 0.6 is 0 Å². The molecule has 6 atom stereocenters. The van der Waals surface area contributed by atoms with E-state index in [4.69, 9.17) is 9.72 Å². The lowest BCUT2D eigenvalue weighted by Crippen LogP contribution is -2.53. The van der Waals surface area contributed by atoms with E-state index in [9.17, 15) is 24.3 Å². The fraction of sp³-hybridized carbons (Fsp3) is 0.429. The molecule has 0 bridgehead atoms. The first-order chi connectivity index (χ1) is 27.5. The molecular weight excluding hydrogens is 729 g/mol. The van der Waals surface area contributed by atoms with Crippen LogP contribution < -0.4 is 10.6 Å². The number of carbonyl (C=O) groups is 4. The Hall–Kier alpha value is -5.96. The summed E-state index contributed by atoms with van der Waals surface area (Å²) in [5.74, 6) is 0.790. The average molecular weight is 779 g/mol. The molecule has 5 N–H and O–H groups in total. The molecule has 15 heteroatoms. The van der Waals surface area contributed by atoms with Crippen LogP contribution in [-0.4, -0.2) is 104 Å². The summed E-state index contributed by atoms with van der Waals surface area (Å²) in [6, 6.07) is 16.3.